The van der Waals surface area contributed by atoms with Crippen molar-refractivity contribution in [1.29, 1.82) is 0 Å². The van der Waals surface area contributed by atoms with Gasteiger partial charge in [0.25, 0.3) is 0 Å². The number of esters is 1. The Morgan fingerprint density at radius 2 is 2.05 bits per heavy atom. The minimum Gasteiger partial charge on any atom is -0.459 e. The minimum atomic E-state index is -0.812. The summed E-state index contributed by atoms with van der Waals surface area (Å²) in [5.74, 6) is -2.13. The highest BCUT2D eigenvalue weighted by molar-refractivity contribution is 6.10. The second-order valence-corrected chi connectivity index (χ2v) is 5.79. The molecule has 0 N–H and O–H groups in total. The maximum absolute atomic E-state index is 13.2. The van der Waals surface area contributed by atoms with Gasteiger partial charge in [0.15, 0.2) is 5.78 Å². The van der Waals surface area contributed by atoms with Crippen molar-refractivity contribution in [1.82, 2.24) is 0 Å². The van der Waals surface area contributed by atoms with E-state index in [1.165, 1.54) is 12.1 Å². The maximum atomic E-state index is 13.2. The van der Waals surface area contributed by atoms with Crippen LogP contribution in [0.15, 0.2) is 18.2 Å². The summed E-state index contributed by atoms with van der Waals surface area (Å²) in [6.45, 7) is 5.27. The fraction of sp³-hybridized carbons (Fsp3) is 0.467. The lowest BCUT2D eigenvalue weighted by molar-refractivity contribution is -0.158. The highest BCUT2D eigenvalue weighted by Crippen LogP contribution is 2.28. The van der Waals surface area contributed by atoms with E-state index in [-0.39, 0.29) is 5.78 Å². The number of hydrogen-bond acceptors (Lipinski definition) is 3. The molecule has 1 aromatic rings. The van der Waals surface area contributed by atoms with E-state index in [0.717, 1.165) is 5.56 Å². The molecule has 0 amide bonds. The minimum absolute atomic E-state index is 0.308. The molecule has 102 valence electrons. The number of halogens is 1. The molecule has 0 spiro atoms. The Bertz CT molecular complexity index is 529. The molecule has 0 radical (unpaired) electrons. The van der Waals surface area contributed by atoms with Crippen molar-refractivity contribution in [3.8, 4) is 0 Å². The van der Waals surface area contributed by atoms with E-state index < -0.39 is 23.3 Å². The second-order valence-electron chi connectivity index (χ2n) is 5.79. The van der Waals surface area contributed by atoms with Crippen LogP contribution in [0.2, 0.25) is 0 Å². The first-order valence-corrected chi connectivity index (χ1v) is 6.33. The Labute approximate surface area is 111 Å². The molecule has 1 aliphatic rings. The second kappa shape index (κ2) is 4.76. The van der Waals surface area contributed by atoms with Gasteiger partial charge in [-0.15, -0.1) is 0 Å². The molecule has 1 aliphatic carbocycles. The number of ketones is 1. The molecular formula is C15H17FO3. The zero-order chi connectivity index (χ0) is 14.2. The van der Waals surface area contributed by atoms with Crippen molar-refractivity contribution in [3.63, 3.8) is 0 Å². The molecule has 2 rings (SSSR count). The normalized spacial score (nSPS) is 18.9. The molecule has 1 atom stereocenters. The lowest BCUT2D eigenvalue weighted by atomic mass is 9.82. The number of aryl methyl sites for hydroxylation is 1. The van der Waals surface area contributed by atoms with Crippen LogP contribution in [-0.2, 0) is 16.0 Å². The number of rotatable bonds is 1. The molecular weight excluding hydrogens is 247 g/mol. The predicted octanol–water partition coefficient (Wildman–Crippen LogP) is 2.91. The number of carbonyl (C=O) groups is 2. The Hall–Kier alpha value is -1.71. The molecule has 0 aliphatic heterocycles. The quantitative estimate of drug-likeness (QED) is 0.578. The highest BCUT2D eigenvalue weighted by atomic mass is 19.1. The molecule has 1 aromatic carbocycles. The van der Waals surface area contributed by atoms with Crippen LogP contribution in [0.4, 0.5) is 4.39 Å². The summed E-state index contributed by atoms with van der Waals surface area (Å²) in [5.41, 5.74) is 0.480. The largest absolute Gasteiger partial charge is 0.459 e. The van der Waals surface area contributed by atoms with Crippen molar-refractivity contribution in [3.05, 3.63) is 35.1 Å². The van der Waals surface area contributed by atoms with Crippen LogP contribution < -0.4 is 0 Å². The Morgan fingerprint density at radius 3 is 2.68 bits per heavy atom. The SMILES string of the molecule is CC(C)(C)OC(=O)C1CCc2ccc(F)cc2C1=O. The maximum Gasteiger partial charge on any atom is 0.317 e. The van der Waals surface area contributed by atoms with Crippen molar-refractivity contribution in [2.45, 2.75) is 39.2 Å². The summed E-state index contributed by atoms with van der Waals surface area (Å²) in [6, 6.07) is 4.14. The number of fused-ring (bicyclic) bond motifs is 1. The zero-order valence-corrected chi connectivity index (χ0v) is 11.3. The Kier molecular flexibility index (Phi) is 3.43. The van der Waals surface area contributed by atoms with E-state index in [1.54, 1.807) is 26.8 Å². The van der Waals surface area contributed by atoms with Crippen LogP contribution in [0.3, 0.4) is 0 Å². The van der Waals surface area contributed by atoms with E-state index in [1.807, 2.05) is 0 Å². The van der Waals surface area contributed by atoms with Crippen LogP contribution in [0, 0.1) is 11.7 Å². The number of ether oxygens (including phenoxy) is 1. The first-order valence-electron chi connectivity index (χ1n) is 6.33. The van der Waals surface area contributed by atoms with E-state index in [0.29, 0.717) is 18.4 Å². The third-order valence-electron chi connectivity index (χ3n) is 3.05. The van der Waals surface area contributed by atoms with E-state index >= 15 is 0 Å². The highest BCUT2D eigenvalue weighted by Gasteiger charge is 2.35. The number of Topliss-reactive ketones (excluding diaryl/α,β-unsaturated/α-hetero) is 1. The summed E-state index contributed by atoms with van der Waals surface area (Å²) in [4.78, 5) is 24.2. The van der Waals surface area contributed by atoms with Gasteiger partial charge in [0.2, 0.25) is 0 Å². The first-order chi connectivity index (χ1) is 8.78. The van der Waals surface area contributed by atoms with Gasteiger partial charge in [-0.3, -0.25) is 9.59 Å². The number of benzene rings is 1. The molecule has 0 fully saturated rings. The Morgan fingerprint density at radius 1 is 1.37 bits per heavy atom. The van der Waals surface area contributed by atoms with E-state index in [9.17, 15) is 14.0 Å². The van der Waals surface area contributed by atoms with Crippen LogP contribution in [0.1, 0.15) is 43.1 Å². The van der Waals surface area contributed by atoms with Crippen molar-refractivity contribution in [2.24, 2.45) is 5.92 Å². The van der Waals surface area contributed by atoms with Crippen molar-refractivity contribution in [2.75, 3.05) is 0 Å². The third kappa shape index (κ3) is 3.00. The Balaban J connectivity index is 2.24. The molecule has 0 saturated carbocycles. The van der Waals surface area contributed by atoms with E-state index in [4.69, 9.17) is 4.74 Å². The smallest absolute Gasteiger partial charge is 0.317 e. The number of hydrogen-bond donors (Lipinski definition) is 0. The standard InChI is InChI=1S/C15H17FO3/c1-15(2,3)19-14(18)11-7-5-9-4-6-10(16)8-12(9)13(11)17/h4,6,8,11H,5,7H2,1-3H3. The van der Waals surface area contributed by atoms with Crippen LogP contribution in [-0.4, -0.2) is 17.4 Å². The van der Waals surface area contributed by atoms with Gasteiger partial charge < -0.3 is 4.74 Å². The van der Waals surface area contributed by atoms with Crippen LogP contribution in [0.25, 0.3) is 0 Å². The van der Waals surface area contributed by atoms with Gasteiger partial charge >= 0.3 is 5.97 Å². The van der Waals surface area contributed by atoms with E-state index in [2.05, 4.69) is 0 Å². The van der Waals surface area contributed by atoms with Gasteiger partial charge in [-0.25, -0.2) is 4.39 Å². The fourth-order valence-electron chi connectivity index (χ4n) is 2.21. The summed E-state index contributed by atoms with van der Waals surface area (Å²) in [5, 5.41) is 0. The third-order valence-corrected chi connectivity index (χ3v) is 3.05. The first kappa shape index (κ1) is 13.7. The van der Waals surface area contributed by atoms with Gasteiger partial charge in [0, 0.05) is 5.56 Å². The molecule has 19 heavy (non-hydrogen) atoms. The molecule has 0 heterocycles. The van der Waals surface area contributed by atoms with Gasteiger partial charge in [0.05, 0.1) is 0 Å². The topological polar surface area (TPSA) is 43.4 Å². The van der Waals surface area contributed by atoms with Gasteiger partial charge in [-0.1, -0.05) is 6.07 Å². The van der Waals surface area contributed by atoms with Crippen molar-refractivity contribution < 1.29 is 18.7 Å². The van der Waals surface area contributed by atoms with Crippen molar-refractivity contribution >= 4 is 11.8 Å². The predicted molar refractivity (Wildman–Crippen MR) is 68.4 cm³/mol. The van der Waals surface area contributed by atoms with Crippen LogP contribution in [0.5, 0.6) is 0 Å². The average Bonchev–Trinajstić information content (AvgIpc) is 2.28. The van der Waals surface area contributed by atoms with Gasteiger partial charge in [-0.2, -0.15) is 0 Å². The molecule has 0 saturated heterocycles. The molecule has 1 unspecified atom stereocenters. The average molecular weight is 264 g/mol. The van der Waals surface area contributed by atoms with Gasteiger partial charge in [0.1, 0.15) is 17.3 Å². The summed E-state index contributed by atoms with van der Waals surface area (Å²) >= 11 is 0. The monoisotopic (exact) mass is 264 g/mol. The molecule has 3 nitrogen and oxygen atoms in total. The molecule has 0 aromatic heterocycles. The molecule has 0 bridgehead atoms. The van der Waals surface area contributed by atoms with Gasteiger partial charge in [-0.05, 0) is 51.3 Å². The fourth-order valence-corrected chi connectivity index (χ4v) is 2.21. The summed E-state index contributed by atoms with van der Waals surface area (Å²) in [7, 11) is 0. The lowest BCUT2D eigenvalue weighted by Gasteiger charge is -2.26. The summed E-state index contributed by atoms with van der Waals surface area (Å²) < 4.78 is 18.4. The van der Waals surface area contributed by atoms with Crippen LogP contribution >= 0.6 is 0 Å². The lowest BCUT2D eigenvalue weighted by Crippen LogP contribution is -2.35. The zero-order valence-electron chi connectivity index (χ0n) is 11.3. The molecule has 4 heteroatoms. The number of carbonyl (C=O) groups excluding carboxylic acids is 2. The summed E-state index contributed by atoms with van der Waals surface area (Å²) in [6.07, 6.45) is 1.01.